The minimum Gasteiger partial charge on any atom is -0.454 e. The Balaban J connectivity index is 1.59. The first-order valence-corrected chi connectivity index (χ1v) is 7.27. The minimum atomic E-state index is 0.00590. The van der Waals surface area contributed by atoms with Crippen molar-refractivity contribution in [3.05, 3.63) is 53.1 Å². The molecule has 5 nitrogen and oxygen atoms in total. The summed E-state index contributed by atoms with van der Waals surface area (Å²) in [5.74, 6) is 1.33. The number of rotatable bonds is 1. The molecule has 22 heavy (non-hydrogen) atoms. The van der Waals surface area contributed by atoms with Gasteiger partial charge in [0.15, 0.2) is 11.5 Å². The summed E-state index contributed by atoms with van der Waals surface area (Å²) in [6.45, 7) is 1.52. The molecule has 0 atom stereocenters. The number of nitrogens with zero attached hydrogens (tertiary/aromatic N) is 1. The molecule has 1 amide bonds. The van der Waals surface area contributed by atoms with Gasteiger partial charge in [0.25, 0.3) is 5.91 Å². The third kappa shape index (κ3) is 2.15. The minimum absolute atomic E-state index is 0.00590. The molecular formula is C17H16N2O3. The molecule has 2 heterocycles. The predicted octanol–water partition coefficient (Wildman–Crippen LogP) is 2.20. The largest absolute Gasteiger partial charge is 0.454 e. The Morgan fingerprint density at radius 3 is 2.82 bits per heavy atom. The van der Waals surface area contributed by atoms with Crippen molar-refractivity contribution < 1.29 is 14.3 Å². The normalized spacial score (nSPS) is 15.5. The maximum absolute atomic E-state index is 12.7. The van der Waals surface area contributed by atoms with Gasteiger partial charge >= 0.3 is 0 Å². The Bertz CT molecular complexity index is 758. The number of carbonyl (C=O) groups excluding carboxylic acids is 1. The van der Waals surface area contributed by atoms with E-state index in [1.165, 1.54) is 5.56 Å². The van der Waals surface area contributed by atoms with E-state index in [1.807, 2.05) is 23.1 Å². The van der Waals surface area contributed by atoms with Gasteiger partial charge in [0.1, 0.15) is 0 Å². The quantitative estimate of drug-likeness (QED) is 0.819. The molecule has 0 aliphatic carbocycles. The van der Waals surface area contributed by atoms with Crippen molar-refractivity contribution >= 4 is 11.6 Å². The number of nitrogen functional groups attached to an aromatic ring is 1. The Kier molecular flexibility index (Phi) is 2.92. The third-order valence-corrected chi connectivity index (χ3v) is 4.15. The first kappa shape index (κ1) is 13.0. The number of anilines is 1. The van der Waals surface area contributed by atoms with Crippen LogP contribution in [0.1, 0.15) is 21.5 Å². The first-order valence-electron chi connectivity index (χ1n) is 7.27. The fourth-order valence-corrected chi connectivity index (χ4v) is 2.96. The van der Waals surface area contributed by atoms with E-state index in [9.17, 15) is 4.79 Å². The van der Waals surface area contributed by atoms with E-state index in [-0.39, 0.29) is 12.7 Å². The van der Waals surface area contributed by atoms with E-state index in [0.29, 0.717) is 30.2 Å². The molecule has 2 aromatic carbocycles. The van der Waals surface area contributed by atoms with Crippen LogP contribution in [0.25, 0.3) is 0 Å². The van der Waals surface area contributed by atoms with Crippen molar-refractivity contribution in [2.24, 2.45) is 0 Å². The molecule has 2 aliphatic heterocycles. The summed E-state index contributed by atoms with van der Waals surface area (Å²) in [5.41, 5.74) is 9.59. The highest BCUT2D eigenvalue weighted by atomic mass is 16.7. The summed E-state index contributed by atoms with van der Waals surface area (Å²) >= 11 is 0. The maximum Gasteiger partial charge on any atom is 0.254 e. The standard InChI is InChI=1S/C17H16N2O3/c18-14-3-1-11-5-6-19(9-13(11)7-14)17(20)12-2-4-15-16(8-12)22-10-21-15/h1-4,7-8H,5-6,9-10,18H2. The number of amides is 1. The summed E-state index contributed by atoms with van der Waals surface area (Å²) < 4.78 is 10.6. The van der Waals surface area contributed by atoms with Gasteiger partial charge < -0.3 is 20.1 Å². The van der Waals surface area contributed by atoms with Crippen LogP contribution in [-0.2, 0) is 13.0 Å². The van der Waals surface area contributed by atoms with Crippen molar-refractivity contribution in [3.63, 3.8) is 0 Å². The van der Waals surface area contributed by atoms with Gasteiger partial charge in [0.05, 0.1) is 0 Å². The molecule has 0 spiro atoms. The smallest absolute Gasteiger partial charge is 0.254 e. The van der Waals surface area contributed by atoms with Gasteiger partial charge in [0.2, 0.25) is 6.79 Å². The second-order valence-electron chi connectivity index (χ2n) is 5.57. The fourth-order valence-electron chi connectivity index (χ4n) is 2.96. The van der Waals surface area contributed by atoms with Gasteiger partial charge in [-0.1, -0.05) is 6.07 Å². The maximum atomic E-state index is 12.7. The Morgan fingerprint density at radius 2 is 1.91 bits per heavy atom. The molecule has 0 bridgehead atoms. The number of hydrogen-bond acceptors (Lipinski definition) is 4. The molecular weight excluding hydrogens is 280 g/mol. The van der Waals surface area contributed by atoms with Crippen LogP contribution in [0.5, 0.6) is 11.5 Å². The lowest BCUT2D eigenvalue weighted by Crippen LogP contribution is -2.36. The van der Waals surface area contributed by atoms with E-state index in [4.69, 9.17) is 15.2 Å². The second-order valence-corrected chi connectivity index (χ2v) is 5.57. The zero-order chi connectivity index (χ0) is 15.1. The van der Waals surface area contributed by atoms with Crippen LogP contribution >= 0.6 is 0 Å². The van der Waals surface area contributed by atoms with Crippen LogP contribution < -0.4 is 15.2 Å². The molecule has 4 rings (SSSR count). The van der Waals surface area contributed by atoms with Crippen LogP contribution in [0.2, 0.25) is 0 Å². The summed E-state index contributed by atoms with van der Waals surface area (Å²) in [4.78, 5) is 14.5. The SMILES string of the molecule is Nc1ccc2c(c1)CN(C(=O)c1ccc3c(c1)OCO3)CC2. The van der Waals surface area contributed by atoms with Gasteiger partial charge in [-0.15, -0.1) is 0 Å². The van der Waals surface area contributed by atoms with Crippen LogP contribution in [-0.4, -0.2) is 24.1 Å². The number of ether oxygens (including phenoxy) is 2. The molecule has 0 fully saturated rings. The molecule has 2 N–H and O–H groups in total. The van der Waals surface area contributed by atoms with Gasteiger partial charge in [0, 0.05) is 24.3 Å². The van der Waals surface area contributed by atoms with Crippen LogP contribution in [0.3, 0.4) is 0 Å². The van der Waals surface area contributed by atoms with Crippen LogP contribution in [0, 0.1) is 0 Å². The van der Waals surface area contributed by atoms with Crippen molar-refractivity contribution in [2.75, 3.05) is 19.1 Å². The zero-order valence-corrected chi connectivity index (χ0v) is 12.0. The van der Waals surface area contributed by atoms with Gasteiger partial charge in [-0.25, -0.2) is 0 Å². The molecule has 0 aromatic heterocycles. The Morgan fingerprint density at radius 1 is 1.05 bits per heavy atom. The van der Waals surface area contributed by atoms with E-state index >= 15 is 0 Å². The van der Waals surface area contributed by atoms with Crippen LogP contribution in [0.4, 0.5) is 5.69 Å². The molecule has 2 aromatic rings. The second kappa shape index (κ2) is 4.94. The third-order valence-electron chi connectivity index (χ3n) is 4.15. The van der Waals surface area contributed by atoms with Gasteiger partial charge in [-0.3, -0.25) is 4.79 Å². The fraction of sp³-hybridized carbons (Fsp3) is 0.235. The van der Waals surface area contributed by atoms with E-state index in [2.05, 4.69) is 0 Å². The Hall–Kier alpha value is -2.69. The van der Waals surface area contributed by atoms with Crippen molar-refractivity contribution in [1.82, 2.24) is 4.90 Å². The molecule has 0 saturated heterocycles. The molecule has 0 unspecified atom stereocenters. The van der Waals surface area contributed by atoms with E-state index < -0.39 is 0 Å². The monoisotopic (exact) mass is 296 g/mol. The average Bonchev–Trinajstić information content (AvgIpc) is 3.01. The molecule has 0 radical (unpaired) electrons. The number of nitrogens with two attached hydrogens (primary N) is 1. The predicted molar refractivity (Wildman–Crippen MR) is 81.9 cm³/mol. The van der Waals surface area contributed by atoms with Crippen LogP contribution in [0.15, 0.2) is 36.4 Å². The van der Waals surface area contributed by atoms with Crippen molar-refractivity contribution in [1.29, 1.82) is 0 Å². The van der Waals surface area contributed by atoms with Crippen molar-refractivity contribution in [2.45, 2.75) is 13.0 Å². The molecule has 2 aliphatic rings. The number of benzene rings is 2. The lowest BCUT2D eigenvalue weighted by Gasteiger charge is -2.29. The molecule has 0 saturated carbocycles. The molecule has 112 valence electrons. The lowest BCUT2D eigenvalue weighted by atomic mass is 9.98. The first-order chi connectivity index (χ1) is 10.7. The van der Waals surface area contributed by atoms with Gasteiger partial charge in [-0.05, 0) is 47.9 Å². The summed E-state index contributed by atoms with van der Waals surface area (Å²) in [5, 5.41) is 0. The Labute approximate surface area is 128 Å². The number of fused-ring (bicyclic) bond motifs is 2. The van der Waals surface area contributed by atoms with E-state index in [1.54, 1.807) is 18.2 Å². The summed E-state index contributed by atoms with van der Waals surface area (Å²) in [7, 11) is 0. The molecule has 5 heteroatoms. The number of carbonyl (C=O) groups is 1. The van der Waals surface area contributed by atoms with Gasteiger partial charge in [-0.2, -0.15) is 0 Å². The highest BCUT2D eigenvalue weighted by molar-refractivity contribution is 5.95. The highest BCUT2D eigenvalue weighted by Gasteiger charge is 2.23. The zero-order valence-electron chi connectivity index (χ0n) is 12.0. The highest BCUT2D eigenvalue weighted by Crippen LogP contribution is 2.33. The van der Waals surface area contributed by atoms with E-state index in [0.717, 1.165) is 17.7 Å². The average molecular weight is 296 g/mol. The summed E-state index contributed by atoms with van der Waals surface area (Å²) in [6, 6.07) is 11.2. The summed E-state index contributed by atoms with van der Waals surface area (Å²) in [6.07, 6.45) is 0.853. The topological polar surface area (TPSA) is 64.8 Å². The lowest BCUT2D eigenvalue weighted by molar-refractivity contribution is 0.0734. The van der Waals surface area contributed by atoms with Crippen molar-refractivity contribution in [3.8, 4) is 11.5 Å². The number of hydrogen-bond donors (Lipinski definition) is 1.